The predicted molar refractivity (Wildman–Crippen MR) is 98.7 cm³/mol. The molecule has 2 fully saturated rings. The van der Waals surface area contributed by atoms with Crippen LogP contribution in [-0.2, 0) is 13.0 Å². The molecular formula is C20H27N5O. The predicted octanol–water partition coefficient (Wildman–Crippen LogP) is 2.88. The molecule has 0 bridgehead atoms. The summed E-state index contributed by atoms with van der Waals surface area (Å²) in [6.45, 7) is 4.49. The van der Waals surface area contributed by atoms with Crippen molar-refractivity contribution in [2.75, 3.05) is 13.1 Å². The molecule has 3 heterocycles. The number of hydrogen-bond donors (Lipinski definition) is 0. The lowest BCUT2D eigenvalue weighted by atomic mass is 10.00. The van der Waals surface area contributed by atoms with Gasteiger partial charge in [0.25, 0.3) is 5.91 Å². The van der Waals surface area contributed by atoms with Gasteiger partial charge in [-0.3, -0.25) is 9.78 Å². The van der Waals surface area contributed by atoms with Crippen molar-refractivity contribution >= 4 is 5.91 Å². The second-order valence-electron chi connectivity index (χ2n) is 7.82. The zero-order valence-corrected chi connectivity index (χ0v) is 15.5. The number of likely N-dealkylation sites (tertiary alicyclic amines) is 1. The van der Waals surface area contributed by atoms with E-state index in [1.54, 1.807) is 0 Å². The molecule has 2 aliphatic rings. The number of amides is 1. The Hall–Kier alpha value is -2.24. The van der Waals surface area contributed by atoms with Crippen LogP contribution in [0.3, 0.4) is 0 Å². The summed E-state index contributed by atoms with van der Waals surface area (Å²) in [4.78, 5) is 18.9. The first-order chi connectivity index (χ1) is 12.7. The molecule has 1 atom stereocenters. The Morgan fingerprint density at radius 1 is 1.15 bits per heavy atom. The van der Waals surface area contributed by atoms with Gasteiger partial charge in [0.2, 0.25) is 0 Å². The minimum absolute atomic E-state index is 0.0393. The minimum atomic E-state index is 0.0393. The van der Waals surface area contributed by atoms with Crippen molar-refractivity contribution in [2.45, 2.75) is 52.0 Å². The van der Waals surface area contributed by atoms with Crippen molar-refractivity contribution in [1.82, 2.24) is 24.9 Å². The molecule has 2 aromatic rings. The third-order valence-electron chi connectivity index (χ3n) is 5.94. The Bertz CT molecular complexity index is 751. The molecule has 1 amide bonds. The summed E-state index contributed by atoms with van der Waals surface area (Å²) in [7, 11) is 0. The maximum absolute atomic E-state index is 12.9. The lowest BCUT2D eigenvalue weighted by Crippen LogP contribution is -2.30. The van der Waals surface area contributed by atoms with E-state index >= 15 is 0 Å². The van der Waals surface area contributed by atoms with Gasteiger partial charge in [0.05, 0.1) is 5.69 Å². The summed E-state index contributed by atoms with van der Waals surface area (Å²) in [5.74, 6) is 1.24. The van der Waals surface area contributed by atoms with Crippen molar-refractivity contribution in [3.63, 3.8) is 0 Å². The van der Waals surface area contributed by atoms with Crippen LogP contribution in [0.4, 0.5) is 0 Å². The molecule has 26 heavy (non-hydrogen) atoms. The van der Waals surface area contributed by atoms with Gasteiger partial charge in [-0.2, -0.15) is 0 Å². The molecule has 1 saturated carbocycles. The summed E-state index contributed by atoms with van der Waals surface area (Å²) < 4.78 is 1.94. The first kappa shape index (κ1) is 17.2. The molecule has 0 N–H and O–H groups in total. The monoisotopic (exact) mass is 353 g/mol. The zero-order chi connectivity index (χ0) is 17.9. The van der Waals surface area contributed by atoms with E-state index < -0.39 is 0 Å². The normalized spacial score (nSPS) is 20.8. The minimum Gasteiger partial charge on any atom is -0.337 e. The Morgan fingerprint density at radius 3 is 2.69 bits per heavy atom. The summed E-state index contributed by atoms with van der Waals surface area (Å²) in [6.07, 6.45) is 10.9. The third kappa shape index (κ3) is 3.64. The summed E-state index contributed by atoms with van der Waals surface area (Å²) in [5, 5.41) is 8.50. The molecule has 1 aliphatic heterocycles. The topological polar surface area (TPSA) is 63.9 Å². The molecule has 1 unspecified atom stereocenters. The Labute approximate surface area is 154 Å². The van der Waals surface area contributed by atoms with Gasteiger partial charge in [-0.1, -0.05) is 18.1 Å². The first-order valence-corrected chi connectivity index (χ1v) is 9.79. The first-order valence-electron chi connectivity index (χ1n) is 9.79. The molecule has 6 heteroatoms. The van der Waals surface area contributed by atoms with Crippen LogP contribution in [-0.4, -0.2) is 43.9 Å². The second-order valence-corrected chi connectivity index (χ2v) is 7.82. The van der Waals surface area contributed by atoms with E-state index in [0.29, 0.717) is 17.5 Å². The van der Waals surface area contributed by atoms with E-state index in [1.165, 1.54) is 31.2 Å². The van der Waals surface area contributed by atoms with Gasteiger partial charge in [0.1, 0.15) is 0 Å². The highest BCUT2D eigenvalue weighted by Crippen LogP contribution is 2.27. The number of carbonyl (C=O) groups is 1. The highest BCUT2D eigenvalue weighted by atomic mass is 16.2. The standard InChI is InChI=1S/C20H27N5O/c1-15-19(22-23-25(15)14-17-4-2-3-5-17)20(26)24-11-8-18(13-24)12-16-6-9-21-10-7-16/h6-7,9-10,17-18H,2-5,8,11-14H2,1H3. The summed E-state index contributed by atoms with van der Waals surface area (Å²) in [6, 6.07) is 4.12. The van der Waals surface area contributed by atoms with Gasteiger partial charge in [-0.25, -0.2) is 4.68 Å². The summed E-state index contributed by atoms with van der Waals surface area (Å²) >= 11 is 0. The van der Waals surface area contributed by atoms with E-state index in [9.17, 15) is 4.79 Å². The zero-order valence-electron chi connectivity index (χ0n) is 15.5. The number of nitrogens with zero attached hydrogens (tertiary/aromatic N) is 5. The van der Waals surface area contributed by atoms with Gasteiger partial charge in [-0.05, 0) is 62.1 Å². The van der Waals surface area contributed by atoms with Crippen LogP contribution in [0.2, 0.25) is 0 Å². The third-order valence-corrected chi connectivity index (χ3v) is 5.94. The van der Waals surface area contributed by atoms with Crippen LogP contribution in [0.1, 0.15) is 53.8 Å². The number of carbonyl (C=O) groups excluding carboxylic acids is 1. The van der Waals surface area contributed by atoms with E-state index in [-0.39, 0.29) is 5.91 Å². The van der Waals surface area contributed by atoms with Crippen LogP contribution in [0, 0.1) is 18.8 Å². The SMILES string of the molecule is Cc1c(C(=O)N2CCC(Cc3ccncc3)C2)nnn1CC1CCCC1. The van der Waals surface area contributed by atoms with Crippen molar-refractivity contribution in [1.29, 1.82) is 0 Å². The van der Waals surface area contributed by atoms with Crippen LogP contribution >= 0.6 is 0 Å². The van der Waals surface area contributed by atoms with Gasteiger partial charge in [0, 0.05) is 32.0 Å². The molecular weight excluding hydrogens is 326 g/mol. The number of rotatable bonds is 5. The van der Waals surface area contributed by atoms with Crippen molar-refractivity contribution < 1.29 is 4.79 Å². The van der Waals surface area contributed by atoms with Crippen molar-refractivity contribution in [3.8, 4) is 0 Å². The molecule has 1 saturated heterocycles. The van der Waals surface area contributed by atoms with E-state index in [2.05, 4.69) is 27.4 Å². The molecule has 0 spiro atoms. The van der Waals surface area contributed by atoms with Crippen LogP contribution in [0.25, 0.3) is 0 Å². The largest absolute Gasteiger partial charge is 0.337 e. The molecule has 6 nitrogen and oxygen atoms in total. The van der Waals surface area contributed by atoms with Gasteiger partial charge < -0.3 is 4.90 Å². The molecule has 138 valence electrons. The van der Waals surface area contributed by atoms with Crippen molar-refractivity contribution in [2.24, 2.45) is 11.8 Å². The fourth-order valence-corrected chi connectivity index (χ4v) is 4.35. The fraction of sp³-hybridized carbons (Fsp3) is 0.600. The number of hydrogen-bond acceptors (Lipinski definition) is 4. The maximum atomic E-state index is 12.9. The van der Waals surface area contributed by atoms with Crippen LogP contribution in [0.15, 0.2) is 24.5 Å². The number of pyridine rings is 1. The fourth-order valence-electron chi connectivity index (χ4n) is 4.35. The van der Waals surface area contributed by atoms with Crippen molar-refractivity contribution in [3.05, 3.63) is 41.5 Å². The van der Waals surface area contributed by atoms with Gasteiger partial charge >= 0.3 is 0 Å². The Balaban J connectivity index is 1.38. The average Bonchev–Trinajstić information content (AvgIpc) is 3.39. The highest BCUT2D eigenvalue weighted by molar-refractivity contribution is 5.93. The smallest absolute Gasteiger partial charge is 0.276 e. The quantitative estimate of drug-likeness (QED) is 0.829. The van der Waals surface area contributed by atoms with Gasteiger partial charge in [-0.15, -0.1) is 5.10 Å². The van der Waals surface area contributed by atoms with E-state index in [1.807, 2.05) is 28.9 Å². The molecule has 0 aromatic carbocycles. The number of aromatic nitrogens is 4. The van der Waals surface area contributed by atoms with E-state index in [4.69, 9.17) is 0 Å². The Morgan fingerprint density at radius 2 is 1.92 bits per heavy atom. The molecule has 0 radical (unpaired) electrons. The summed E-state index contributed by atoms with van der Waals surface area (Å²) in [5.41, 5.74) is 2.74. The molecule has 1 aliphatic carbocycles. The lowest BCUT2D eigenvalue weighted by Gasteiger charge is -2.16. The highest BCUT2D eigenvalue weighted by Gasteiger charge is 2.30. The average molecular weight is 353 g/mol. The lowest BCUT2D eigenvalue weighted by molar-refractivity contribution is 0.0780. The second kappa shape index (κ2) is 7.56. The molecule has 2 aromatic heterocycles. The van der Waals surface area contributed by atoms with E-state index in [0.717, 1.165) is 38.2 Å². The Kier molecular flexibility index (Phi) is 5.00. The van der Waals surface area contributed by atoms with Crippen LogP contribution in [0.5, 0.6) is 0 Å². The van der Waals surface area contributed by atoms with Crippen LogP contribution < -0.4 is 0 Å². The maximum Gasteiger partial charge on any atom is 0.276 e. The molecule has 4 rings (SSSR count). The van der Waals surface area contributed by atoms with Gasteiger partial charge in [0.15, 0.2) is 5.69 Å².